The number of hydrogen-bond acceptors (Lipinski definition) is 6. The van der Waals surface area contributed by atoms with Gasteiger partial charge >= 0.3 is 0 Å². The summed E-state index contributed by atoms with van der Waals surface area (Å²) in [6.45, 7) is 0.00310. The van der Waals surface area contributed by atoms with Crippen LogP contribution in [0.3, 0.4) is 0 Å². The fourth-order valence-corrected chi connectivity index (χ4v) is 4.24. The Balaban J connectivity index is 1.56. The quantitative estimate of drug-likeness (QED) is 0.457. The number of nitrogens with one attached hydrogen (secondary N) is 2. The van der Waals surface area contributed by atoms with Gasteiger partial charge in [-0.1, -0.05) is 36.4 Å². The van der Waals surface area contributed by atoms with Crippen LogP contribution in [-0.4, -0.2) is 47.5 Å². The number of carbonyl (C=O) groups is 1. The van der Waals surface area contributed by atoms with Crippen LogP contribution in [0.25, 0.3) is 11.7 Å². The Morgan fingerprint density at radius 1 is 1.16 bits per heavy atom. The Labute approximate surface area is 186 Å². The van der Waals surface area contributed by atoms with E-state index in [4.69, 9.17) is 0 Å². The lowest BCUT2D eigenvalue weighted by atomic mass is 10.2. The van der Waals surface area contributed by atoms with E-state index >= 15 is 0 Å². The topological polar surface area (TPSA) is 105 Å². The first kappa shape index (κ1) is 23.0. The van der Waals surface area contributed by atoms with Crippen molar-refractivity contribution in [3.8, 4) is 0 Å². The fourth-order valence-electron chi connectivity index (χ4n) is 2.95. The Bertz CT molecular complexity index is 1130. The Kier molecular flexibility index (Phi) is 8.21. The van der Waals surface area contributed by atoms with E-state index in [1.807, 2.05) is 65.4 Å². The number of benzene rings is 1. The molecule has 1 atom stereocenters. The molecule has 3 aromatic rings. The summed E-state index contributed by atoms with van der Waals surface area (Å²) in [6.07, 6.45) is 6.07. The van der Waals surface area contributed by atoms with Crippen molar-refractivity contribution in [3.05, 3.63) is 71.5 Å². The highest BCUT2D eigenvalue weighted by molar-refractivity contribution is 7.98. The van der Waals surface area contributed by atoms with Gasteiger partial charge in [0.1, 0.15) is 0 Å². The Hall–Kier alpha value is -2.69. The lowest BCUT2D eigenvalue weighted by Gasteiger charge is -2.17. The van der Waals surface area contributed by atoms with Crippen molar-refractivity contribution >= 4 is 39.4 Å². The second kappa shape index (κ2) is 11.1. The molecule has 31 heavy (non-hydrogen) atoms. The van der Waals surface area contributed by atoms with Crippen LogP contribution in [0.4, 0.5) is 0 Å². The van der Waals surface area contributed by atoms with Crippen molar-refractivity contribution in [3.63, 3.8) is 0 Å². The van der Waals surface area contributed by atoms with E-state index in [0.29, 0.717) is 17.9 Å². The van der Waals surface area contributed by atoms with Gasteiger partial charge in [-0.3, -0.25) is 9.20 Å². The minimum absolute atomic E-state index is 0.00310. The van der Waals surface area contributed by atoms with Gasteiger partial charge in [-0.15, -0.1) is 10.2 Å². The van der Waals surface area contributed by atoms with Crippen LogP contribution in [-0.2, 0) is 14.8 Å². The summed E-state index contributed by atoms with van der Waals surface area (Å²) >= 11 is 1.68. The number of pyridine rings is 1. The predicted molar refractivity (Wildman–Crippen MR) is 124 cm³/mol. The van der Waals surface area contributed by atoms with Crippen LogP contribution in [0.2, 0.25) is 0 Å². The maximum Gasteiger partial charge on any atom is 0.233 e. The molecule has 3 rings (SSSR count). The molecule has 164 valence electrons. The van der Waals surface area contributed by atoms with Crippen LogP contribution >= 0.6 is 11.8 Å². The van der Waals surface area contributed by atoms with Crippen LogP contribution in [0.15, 0.2) is 60.1 Å². The molecule has 0 aliphatic rings. The predicted octanol–water partition coefficient (Wildman–Crippen LogP) is 2.62. The molecule has 8 nitrogen and oxygen atoms in total. The van der Waals surface area contributed by atoms with Crippen LogP contribution < -0.4 is 10.0 Å². The number of nitrogens with zero attached hydrogens (tertiary/aromatic N) is 3. The molecule has 2 heterocycles. The molecule has 1 amide bonds. The smallest absolute Gasteiger partial charge is 0.233 e. The minimum Gasteiger partial charge on any atom is -0.346 e. The molecule has 1 unspecified atom stereocenters. The maximum absolute atomic E-state index is 12.5. The molecule has 0 saturated carbocycles. The zero-order valence-corrected chi connectivity index (χ0v) is 18.8. The molecule has 1 aromatic carbocycles. The molecular formula is C21H25N5O3S2. The second-order valence-electron chi connectivity index (χ2n) is 6.79. The van der Waals surface area contributed by atoms with Gasteiger partial charge < -0.3 is 5.32 Å². The van der Waals surface area contributed by atoms with Crippen LogP contribution in [0.1, 0.15) is 30.3 Å². The molecule has 2 N–H and O–H groups in total. The van der Waals surface area contributed by atoms with E-state index in [1.54, 1.807) is 11.8 Å². The van der Waals surface area contributed by atoms with E-state index in [-0.39, 0.29) is 24.9 Å². The highest BCUT2D eigenvalue weighted by Crippen LogP contribution is 2.18. The second-order valence-corrected chi connectivity index (χ2v) is 9.43. The number of amides is 1. The lowest BCUT2D eigenvalue weighted by Crippen LogP contribution is -2.33. The molecule has 0 aliphatic carbocycles. The molecular weight excluding hydrogens is 434 g/mol. The summed E-state index contributed by atoms with van der Waals surface area (Å²) in [6, 6.07) is 14.4. The molecule has 0 spiro atoms. The number of carbonyl (C=O) groups excluding carboxylic acids is 1. The highest BCUT2D eigenvalue weighted by atomic mass is 32.2. The highest BCUT2D eigenvalue weighted by Gasteiger charge is 2.20. The van der Waals surface area contributed by atoms with E-state index in [2.05, 4.69) is 20.2 Å². The van der Waals surface area contributed by atoms with E-state index in [0.717, 1.165) is 16.7 Å². The van der Waals surface area contributed by atoms with Gasteiger partial charge in [-0.05, 0) is 42.2 Å². The van der Waals surface area contributed by atoms with Crippen molar-refractivity contribution in [1.29, 1.82) is 0 Å². The largest absolute Gasteiger partial charge is 0.346 e. The Morgan fingerprint density at radius 2 is 1.94 bits per heavy atom. The summed E-state index contributed by atoms with van der Waals surface area (Å²) in [7, 11) is -3.63. The minimum atomic E-state index is -3.63. The zero-order valence-electron chi connectivity index (χ0n) is 17.1. The van der Waals surface area contributed by atoms with E-state index < -0.39 is 10.0 Å². The first-order valence-electron chi connectivity index (χ1n) is 9.79. The summed E-state index contributed by atoms with van der Waals surface area (Å²) in [5.41, 5.74) is 1.49. The maximum atomic E-state index is 12.5. The summed E-state index contributed by atoms with van der Waals surface area (Å²) in [5, 5.41) is 12.5. The van der Waals surface area contributed by atoms with Gasteiger partial charge in [-0.25, -0.2) is 13.1 Å². The van der Waals surface area contributed by atoms with E-state index in [1.165, 1.54) is 6.08 Å². The van der Waals surface area contributed by atoms with Gasteiger partial charge in [-0.2, -0.15) is 11.8 Å². The third-order valence-electron chi connectivity index (χ3n) is 4.49. The van der Waals surface area contributed by atoms with E-state index in [9.17, 15) is 13.2 Å². The first-order chi connectivity index (χ1) is 15.0. The average Bonchev–Trinajstić information content (AvgIpc) is 3.20. The number of thioether (sulfide) groups is 1. The lowest BCUT2D eigenvalue weighted by molar-refractivity contribution is -0.121. The third-order valence-corrected chi connectivity index (χ3v) is 6.24. The fraction of sp³-hybridized carbons (Fsp3) is 0.286. The van der Waals surface area contributed by atoms with Crippen molar-refractivity contribution < 1.29 is 13.2 Å². The van der Waals surface area contributed by atoms with Crippen molar-refractivity contribution in [2.24, 2.45) is 0 Å². The summed E-state index contributed by atoms with van der Waals surface area (Å²) in [5.74, 6) is 1.24. The molecule has 2 aromatic heterocycles. The SMILES string of the molecule is CSCCC(NC(=O)CCNS(=O)(=O)/C=C/c1ccccc1)c1nnc2ccccn12. The molecule has 0 saturated heterocycles. The van der Waals surface area contributed by atoms with Crippen LogP contribution in [0.5, 0.6) is 0 Å². The number of hydrogen-bond donors (Lipinski definition) is 2. The van der Waals surface area contributed by atoms with Gasteiger partial charge in [0.05, 0.1) is 6.04 Å². The Morgan fingerprint density at radius 3 is 2.71 bits per heavy atom. The van der Waals surface area contributed by atoms with Gasteiger partial charge in [0.25, 0.3) is 0 Å². The number of aromatic nitrogens is 3. The monoisotopic (exact) mass is 459 g/mol. The standard InChI is InChI=1S/C21H25N5O3S2/c1-30-15-11-18(21-25-24-19-9-5-6-14-26(19)21)23-20(27)10-13-22-31(28,29)16-12-17-7-3-2-4-8-17/h2-9,12,14,16,18,22H,10-11,13,15H2,1H3,(H,23,27)/b16-12+. The molecule has 10 heteroatoms. The number of fused-ring (bicyclic) bond motifs is 1. The average molecular weight is 460 g/mol. The molecule has 0 aliphatic heterocycles. The first-order valence-corrected chi connectivity index (χ1v) is 12.7. The van der Waals surface area contributed by atoms with Crippen LogP contribution in [0, 0.1) is 0 Å². The number of sulfonamides is 1. The third kappa shape index (κ3) is 6.91. The van der Waals surface area contributed by atoms with Crippen molar-refractivity contribution in [2.45, 2.75) is 18.9 Å². The number of rotatable bonds is 11. The van der Waals surface area contributed by atoms with Gasteiger partial charge in [0, 0.05) is 24.6 Å². The molecule has 0 bridgehead atoms. The van der Waals surface area contributed by atoms with Crippen molar-refractivity contribution in [2.75, 3.05) is 18.6 Å². The zero-order chi connectivity index (χ0) is 22.1. The normalized spacial score (nSPS) is 12.9. The summed E-state index contributed by atoms with van der Waals surface area (Å²) < 4.78 is 28.5. The van der Waals surface area contributed by atoms with Gasteiger partial charge in [0.15, 0.2) is 11.5 Å². The molecule has 0 radical (unpaired) electrons. The van der Waals surface area contributed by atoms with Gasteiger partial charge in [0.2, 0.25) is 15.9 Å². The molecule has 0 fully saturated rings. The van der Waals surface area contributed by atoms with Crippen molar-refractivity contribution in [1.82, 2.24) is 24.6 Å². The summed E-state index contributed by atoms with van der Waals surface area (Å²) in [4.78, 5) is 12.5.